The molecule has 1 saturated heterocycles. The molecule has 2 N–H and O–H groups in total. The topological polar surface area (TPSA) is 41.5 Å². The van der Waals surface area contributed by atoms with Gasteiger partial charge in [-0.3, -0.25) is 0 Å². The third kappa shape index (κ3) is 2.07. The lowest BCUT2D eigenvalue weighted by Gasteiger charge is -2.25. The normalized spacial score (nSPS) is 21.3. The van der Waals surface area contributed by atoms with Gasteiger partial charge in [-0.15, -0.1) is 0 Å². The van der Waals surface area contributed by atoms with Gasteiger partial charge in [0, 0.05) is 6.04 Å². The van der Waals surface area contributed by atoms with Crippen molar-refractivity contribution >= 4 is 0 Å². The molecule has 1 unspecified atom stereocenters. The second-order valence-electron chi connectivity index (χ2n) is 3.90. The smallest absolute Gasteiger partial charge is 0.127 e. The van der Waals surface area contributed by atoms with E-state index in [0.717, 1.165) is 24.3 Å². The number of methoxy groups -OCH3 is 1. The summed E-state index contributed by atoms with van der Waals surface area (Å²) in [4.78, 5) is 0. The lowest BCUT2D eigenvalue weighted by molar-refractivity contribution is 0.357. The van der Waals surface area contributed by atoms with Gasteiger partial charge >= 0.3 is 0 Å². The fraction of sp³-hybridized carbons (Fsp3) is 0.500. The molecule has 0 saturated carbocycles. The van der Waals surface area contributed by atoms with Gasteiger partial charge in [0.1, 0.15) is 11.5 Å². The minimum absolute atomic E-state index is 0.231. The Balaban J connectivity index is 2.31. The van der Waals surface area contributed by atoms with Crippen LogP contribution in [-0.4, -0.2) is 18.8 Å². The van der Waals surface area contributed by atoms with E-state index in [0.29, 0.717) is 5.75 Å². The number of phenolic OH excluding ortho intramolecular Hbond substituents is 1. The van der Waals surface area contributed by atoms with Crippen LogP contribution in [0.1, 0.15) is 30.9 Å². The van der Waals surface area contributed by atoms with Crippen LogP contribution >= 0.6 is 0 Å². The number of hydrogen-bond donors (Lipinski definition) is 2. The van der Waals surface area contributed by atoms with Gasteiger partial charge in [0.25, 0.3) is 0 Å². The highest BCUT2D eigenvalue weighted by molar-refractivity contribution is 5.46. The van der Waals surface area contributed by atoms with Crippen molar-refractivity contribution in [3.05, 3.63) is 23.8 Å². The lowest BCUT2D eigenvalue weighted by atomic mass is 9.96. The van der Waals surface area contributed by atoms with Gasteiger partial charge in [0.05, 0.1) is 12.7 Å². The summed E-state index contributed by atoms with van der Waals surface area (Å²) in [6.07, 6.45) is 3.48. The first-order valence-corrected chi connectivity index (χ1v) is 5.42. The van der Waals surface area contributed by atoms with Crippen LogP contribution in [0, 0.1) is 0 Å². The molecule has 0 amide bonds. The molecule has 1 aromatic rings. The summed E-state index contributed by atoms with van der Waals surface area (Å²) >= 11 is 0. The summed E-state index contributed by atoms with van der Waals surface area (Å²) in [5.74, 6) is 1.10. The van der Waals surface area contributed by atoms with Crippen LogP contribution in [-0.2, 0) is 0 Å². The Bertz CT molecular complexity index is 332. The van der Waals surface area contributed by atoms with E-state index in [1.807, 2.05) is 6.07 Å². The molecule has 3 heteroatoms. The van der Waals surface area contributed by atoms with Gasteiger partial charge < -0.3 is 15.2 Å². The number of benzene rings is 1. The average Bonchev–Trinajstić information content (AvgIpc) is 2.29. The van der Waals surface area contributed by atoms with Crippen LogP contribution in [0.25, 0.3) is 0 Å². The maximum Gasteiger partial charge on any atom is 0.127 e. The predicted molar refractivity (Wildman–Crippen MR) is 59.3 cm³/mol. The number of aromatic hydroxyl groups is 1. The fourth-order valence-corrected chi connectivity index (χ4v) is 2.16. The molecule has 0 bridgehead atoms. The quantitative estimate of drug-likeness (QED) is 0.781. The summed E-state index contributed by atoms with van der Waals surface area (Å²) in [5.41, 5.74) is 0.903. The molecule has 1 aliphatic rings. The van der Waals surface area contributed by atoms with Gasteiger partial charge in [0.2, 0.25) is 0 Å². The van der Waals surface area contributed by atoms with Crippen molar-refractivity contribution < 1.29 is 9.84 Å². The molecule has 0 radical (unpaired) electrons. The van der Waals surface area contributed by atoms with Crippen molar-refractivity contribution in [3.8, 4) is 11.5 Å². The second-order valence-corrected chi connectivity index (χ2v) is 3.90. The second kappa shape index (κ2) is 4.53. The Labute approximate surface area is 90.1 Å². The van der Waals surface area contributed by atoms with E-state index in [-0.39, 0.29) is 6.04 Å². The molecule has 1 atom stereocenters. The first kappa shape index (κ1) is 10.3. The van der Waals surface area contributed by atoms with E-state index in [4.69, 9.17) is 4.74 Å². The lowest BCUT2D eigenvalue weighted by Crippen LogP contribution is -2.27. The fourth-order valence-electron chi connectivity index (χ4n) is 2.16. The van der Waals surface area contributed by atoms with Crippen molar-refractivity contribution in [2.45, 2.75) is 25.3 Å². The van der Waals surface area contributed by atoms with Crippen LogP contribution in [0.3, 0.4) is 0 Å². The number of nitrogens with one attached hydrogen (secondary N) is 1. The largest absolute Gasteiger partial charge is 0.507 e. The molecule has 15 heavy (non-hydrogen) atoms. The number of phenols is 1. The van der Waals surface area contributed by atoms with Crippen LogP contribution in [0.5, 0.6) is 11.5 Å². The molecular formula is C12H17NO2. The first-order chi connectivity index (χ1) is 7.33. The average molecular weight is 207 g/mol. The van der Waals surface area contributed by atoms with E-state index < -0.39 is 0 Å². The van der Waals surface area contributed by atoms with E-state index in [2.05, 4.69) is 5.32 Å². The Morgan fingerprint density at radius 3 is 2.93 bits per heavy atom. The van der Waals surface area contributed by atoms with Crippen molar-refractivity contribution in [1.82, 2.24) is 5.32 Å². The molecule has 0 spiro atoms. The summed E-state index contributed by atoms with van der Waals surface area (Å²) < 4.78 is 5.28. The molecule has 1 fully saturated rings. The van der Waals surface area contributed by atoms with Crippen LogP contribution in [0.4, 0.5) is 0 Å². The summed E-state index contributed by atoms with van der Waals surface area (Å²) in [6.45, 7) is 1.02. The SMILES string of the molecule is COc1cccc(O)c1C1CCCCN1. The molecule has 1 heterocycles. The Morgan fingerprint density at radius 1 is 1.40 bits per heavy atom. The minimum Gasteiger partial charge on any atom is -0.507 e. The van der Waals surface area contributed by atoms with Crippen molar-refractivity contribution in [2.75, 3.05) is 13.7 Å². The van der Waals surface area contributed by atoms with Crippen molar-refractivity contribution in [1.29, 1.82) is 0 Å². The molecule has 2 rings (SSSR count). The van der Waals surface area contributed by atoms with Crippen LogP contribution < -0.4 is 10.1 Å². The minimum atomic E-state index is 0.231. The summed E-state index contributed by atoms with van der Waals surface area (Å²) in [7, 11) is 1.64. The summed E-state index contributed by atoms with van der Waals surface area (Å²) in [6, 6.07) is 5.65. The van der Waals surface area contributed by atoms with E-state index in [9.17, 15) is 5.11 Å². The van der Waals surface area contributed by atoms with Gasteiger partial charge in [-0.1, -0.05) is 12.5 Å². The molecule has 3 nitrogen and oxygen atoms in total. The molecule has 1 aromatic carbocycles. The van der Waals surface area contributed by atoms with Crippen molar-refractivity contribution in [2.24, 2.45) is 0 Å². The number of hydrogen-bond acceptors (Lipinski definition) is 3. The zero-order valence-electron chi connectivity index (χ0n) is 8.99. The number of ether oxygens (including phenoxy) is 1. The Hall–Kier alpha value is -1.22. The Morgan fingerprint density at radius 2 is 2.27 bits per heavy atom. The van der Waals surface area contributed by atoms with Crippen LogP contribution in [0.15, 0.2) is 18.2 Å². The third-order valence-corrected chi connectivity index (χ3v) is 2.92. The maximum atomic E-state index is 9.85. The molecule has 0 aromatic heterocycles. The van der Waals surface area contributed by atoms with E-state index in [1.165, 1.54) is 12.8 Å². The maximum absolute atomic E-state index is 9.85. The zero-order chi connectivity index (χ0) is 10.7. The van der Waals surface area contributed by atoms with Gasteiger partial charge in [-0.25, -0.2) is 0 Å². The van der Waals surface area contributed by atoms with E-state index >= 15 is 0 Å². The summed E-state index contributed by atoms with van der Waals surface area (Å²) in [5, 5.41) is 13.3. The highest BCUT2D eigenvalue weighted by atomic mass is 16.5. The predicted octanol–water partition coefficient (Wildman–Crippen LogP) is 2.22. The van der Waals surface area contributed by atoms with Gasteiger partial charge in [0.15, 0.2) is 0 Å². The standard InChI is InChI=1S/C12H17NO2/c1-15-11-7-4-6-10(14)12(11)9-5-2-3-8-13-9/h4,6-7,9,13-14H,2-3,5,8H2,1H3. The van der Waals surface area contributed by atoms with Gasteiger partial charge in [-0.2, -0.15) is 0 Å². The molecule has 82 valence electrons. The Kier molecular flexibility index (Phi) is 3.11. The molecule has 0 aliphatic carbocycles. The molecular weight excluding hydrogens is 190 g/mol. The van der Waals surface area contributed by atoms with Crippen molar-refractivity contribution in [3.63, 3.8) is 0 Å². The molecule has 1 aliphatic heterocycles. The zero-order valence-corrected chi connectivity index (χ0v) is 8.99. The highest BCUT2D eigenvalue weighted by Crippen LogP contribution is 2.36. The highest BCUT2D eigenvalue weighted by Gasteiger charge is 2.21. The third-order valence-electron chi connectivity index (χ3n) is 2.92. The van der Waals surface area contributed by atoms with Crippen LogP contribution in [0.2, 0.25) is 0 Å². The first-order valence-electron chi connectivity index (χ1n) is 5.42. The van der Waals surface area contributed by atoms with Gasteiger partial charge in [-0.05, 0) is 31.5 Å². The number of rotatable bonds is 2. The van der Waals surface area contributed by atoms with E-state index in [1.54, 1.807) is 19.2 Å². The number of piperidine rings is 1. The monoisotopic (exact) mass is 207 g/mol.